The number of nitrogens with one attached hydrogen (secondary N) is 1. The van der Waals surface area contributed by atoms with Gasteiger partial charge in [0.2, 0.25) is 0 Å². The van der Waals surface area contributed by atoms with E-state index in [1.807, 2.05) is 4.98 Å². The van der Waals surface area contributed by atoms with E-state index < -0.39 is 50.2 Å². The molecule has 0 saturated carbocycles. The fourth-order valence-corrected chi connectivity index (χ4v) is 2.38. The molecule has 0 spiro atoms. The molecule has 0 radical (unpaired) electrons. The zero-order valence-electron chi connectivity index (χ0n) is 11.3. The highest BCUT2D eigenvalue weighted by molar-refractivity contribution is 7.46. The zero-order chi connectivity index (χ0) is 16.7. The lowest BCUT2D eigenvalue weighted by Gasteiger charge is -2.17. The number of aryl methyl sites for hydroxylation is 1. The fourth-order valence-electron chi connectivity index (χ4n) is 2.04. The van der Waals surface area contributed by atoms with Gasteiger partial charge >= 0.3 is 13.5 Å². The van der Waals surface area contributed by atoms with Gasteiger partial charge in [0.1, 0.15) is 18.3 Å². The number of phosphoric acid groups is 1. The molecule has 2 heterocycles. The number of aromatic amines is 1. The number of hydrogen-bond donors (Lipinski definition) is 5. The molecule has 1 aromatic heterocycles. The second kappa shape index (κ2) is 6.05. The number of aliphatic hydroxyl groups excluding tert-OH is 2. The first kappa shape index (κ1) is 17.0. The van der Waals surface area contributed by atoms with E-state index in [0.29, 0.717) is 0 Å². The van der Waals surface area contributed by atoms with Gasteiger partial charge < -0.3 is 24.7 Å². The van der Waals surface area contributed by atoms with Crippen molar-refractivity contribution in [3.63, 3.8) is 0 Å². The highest BCUT2D eigenvalue weighted by Gasteiger charge is 2.45. The summed E-state index contributed by atoms with van der Waals surface area (Å²) < 4.78 is 20.9. The van der Waals surface area contributed by atoms with Gasteiger partial charge in [-0.05, 0) is 6.92 Å². The number of ether oxygens (including phenoxy) is 1. The first-order valence-electron chi connectivity index (χ1n) is 6.14. The van der Waals surface area contributed by atoms with Crippen molar-refractivity contribution in [2.45, 2.75) is 31.5 Å². The van der Waals surface area contributed by atoms with Gasteiger partial charge in [0.05, 0.1) is 6.61 Å². The summed E-state index contributed by atoms with van der Waals surface area (Å²) in [5.74, 6) is 0. The van der Waals surface area contributed by atoms with Crippen molar-refractivity contribution >= 4 is 7.82 Å². The summed E-state index contributed by atoms with van der Waals surface area (Å²) in [6.45, 7) is 0.747. The Labute approximate surface area is 123 Å². The Hall–Kier alpha value is -1.33. The SMILES string of the molecule is Cc1cn([C@@H]2OC(COP(=O)(O)O)[C@@H](O)[C@H]2O)c(=O)[nH]c1=O. The van der Waals surface area contributed by atoms with Crippen molar-refractivity contribution in [3.05, 3.63) is 32.6 Å². The van der Waals surface area contributed by atoms with Crippen LogP contribution in [0, 0.1) is 6.92 Å². The lowest BCUT2D eigenvalue weighted by molar-refractivity contribution is -0.0543. The molecule has 2 rings (SSSR count). The molecular formula is C10H15N2O9P. The lowest BCUT2D eigenvalue weighted by Crippen LogP contribution is -2.38. The van der Waals surface area contributed by atoms with Crippen LogP contribution in [0.3, 0.4) is 0 Å². The van der Waals surface area contributed by atoms with Crippen LogP contribution in [0.4, 0.5) is 0 Å². The molecule has 124 valence electrons. The normalized spacial score (nSPS) is 29.0. The highest BCUT2D eigenvalue weighted by atomic mass is 31.2. The third kappa shape index (κ3) is 3.52. The summed E-state index contributed by atoms with van der Waals surface area (Å²) in [7, 11) is -4.77. The maximum absolute atomic E-state index is 11.7. The molecule has 1 aromatic rings. The molecule has 0 amide bonds. The van der Waals surface area contributed by atoms with E-state index in [-0.39, 0.29) is 5.56 Å². The van der Waals surface area contributed by atoms with Gasteiger partial charge in [0.25, 0.3) is 5.56 Å². The maximum Gasteiger partial charge on any atom is 0.469 e. The van der Waals surface area contributed by atoms with Crippen molar-refractivity contribution in [1.82, 2.24) is 9.55 Å². The molecule has 1 unspecified atom stereocenters. The van der Waals surface area contributed by atoms with E-state index in [1.54, 1.807) is 0 Å². The van der Waals surface area contributed by atoms with Crippen molar-refractivity contribution in [2.24, 2.45) is 0 Å². The largest absolute Gasteiger partial charge is 0.469 e. The molecule has 1 saturated heterocycles. The van der Waals surface area contributed by atoms with Gasteiger partial charge in [-0.15, -0.1) is 0 Å². The Kier molecular flexibility index (Phi) is 4.68. The molecular weight excluding hydrogens is 323 g/mol. The Morgan fingerprint density at radius 2 is 2.00 bits per heavy atom. The van der Waals surface area contributed by atoms with Gasteiger partial charge in [-0.1, -0.05) is 0 Å². The smallest absolute Gasteiger partial charge is 0.387 e. The minimum absolute atomic E-state index is 0.180. The molecule has 0 aliphatic carbocycles. The van der Waals surface area contributed by atoms with Crippen molar-refractivity contribution in [1.29, 1.82) is 0 Å². The van der Waals surface area contributed by atoms with E-state index in [4.69, 9.17) is 14.5 Å². The zero-order valence-corrected chi connectivity index (χ0v) is 12.2. The number of aromatic nitrogens is 2. The van der Waals surface area contributed by atoms with Gasteiger partial charge in [-0.2, -0.15) is 0 Å². The molecule has 5 N–H and O–H groups in total. The van der Waals surface area contributed by atoms with Crippen LogP contribution in [0.25, 0.3) is 0 Å². The summed E-state index contributed by atoms with van der Waals surface area (Å²) in [6.07, 6.45) is -4.52. The Morgan fingerprint density at radius 1 is 1.36 bits per heavy atom. The molecule has 12 heteroatoms. The predicted molar refractivity (Wildman–Crippen MR) is 70.0 cm³/mol. The maximum atomic E-state index is 11.7. The monoisotopic (exact) mass is 338 g/mol. The molecule has 1 aliphatic rings. The van der Waals surface area contributed by atoms with Crippen molar-refractivity contribution in [2.75, 3.05) is 6.61 Å². The molecule has 0 bridgehead atoms. The van der Waals surface area contributed by atoms with Crippen LogP contribution in [0.2, 0.25) is 0 Å². The minimum Gasteiger partial charge on any atom is -0.387 e. The van der Waals surface area contributed by atoms with Crippen LogP contribution < -0.4 is 11.2 Å². The Morgan fingerprint density at radius 3 is 2.59 bits per heavy atom. The topological polar surface area (TPSA) is 171 Å². The van der Waals surface area contributed by atoms with Gasteiger partial charge in [-0.3, -0.25) is 18.9 Å². The number of hydrogen-bond acceptors (Lipinski definition) is 7. The van der Waals surface area contributed by atoms with Gasteiger partial charge in [0.15, 0.2) is 6.23 Å². The van der Waals surface area contributed by atoms with Crippen LogP contribution in [0.1, 0.15) is 11.8 Å². The second-order valence-corrected chi connectivity index (χ2v) is 6.05. The molecule has 1 aliphatic heterocycles. The third-order valence-corrected chi connectivity index (χ3v) is 3.65. The summed E-state index contributed by atoms with van der Waals surface area (Å²) in [5, 5.41) is 19.7. The average Bonchev–Trinajstić information content (AvgIpc) is 2.68. The van der Waals surface area contributed by atoms with Gasteiger partial charge in [-0.25, -0.2) is 9.36 Å². The summed E-state index contributed by atoms with van der Waals surface area (Å²) in [4.78, 5) is 42.3. The molecule has 11 nitrogen and oxygen atoms in total. The predicted octanol–water partition coefficient (Wildman–Crippen LogP) is -2.43. The summed E-state index contributed by atoms with van der Waals surface area (Å²) in [5.41, 5.74) is -1.28. The van der Waals surface area contributed by atoms with E-state index in [9.17, 15) is 24.4 Å². The summed E-state index contributed by atoms with van der Waals surface area (Å²) in [6, 6.07) is 0. The van der Waals surface area contributed by atoms with Crippen LogP contribution in [-0.2, 0) is 13.8 Å². The fraction of sp³-hybridized carbons (Fsp3) is 0.600. The quantitative estimate of drug-likeness (QED) is 0.374. The third-order valence-electron chi connectivity index (χ3n) is 3.16. The minimum atomic E-state index is -4.77. The van der Waals surface area contributed by atoms with E-state index in [1.165, 1.54) is 6.92 Å². The number of aliphatic hydroxyl groups is 2. The molecule has 0 aromatic carbocycles. The highest BCUT2D eigenvalue weighted by Crippen LogP contribution is 2.38. The summed E-state index contributed by atoms with van der Waals surface area (Å²) >= 11 is 0. The van der Waals surface area contributed by atoms with E-state index in [0.717, 1.165) is 10.8 Å². The number of rotatable bonds is 4. The van der Waals surface area contributed by atoms with Crippen LogP contribution in [0.15, 0.2) is 15.8 Å². The van der Waals surface area contributed by atoms with E-state index in [2.05, 4.69) is 4.52 Å². The van der Waals surface area contributed by atoms with Crippen LogP contribution in [-0.4, -0.2) is 54.5 Å². The second-order valence-electron chi connectivity index (χ2n) is 4.81. The first-order valence-corrected chi connectivity index (χ1v) is 7.67. The number of nitrogens with zero attached hydrogens (tertiary/aromatic N) is 1. The van der Waals surface area contributed by atoms with Crippen LogP contribution >= 0.6 is 7.82 Å². The standard InChI is InChI=1S/C10H15N2O9P/c1-4-2-12(10(16)11-8(4)15)9-7(14)6(13)5(21-9)3-20-22(17,18)19/h2,5-7,9,13-14H,3H2,1H3,(H,11,15,16)(H2,17,18,19)/t5?,6-,7-,9-/m1/s1. The Balaban J connectivity index is 2.23. The first-order chi connectivity index (χ1) is 10.1. The molecule has 4 atom stereocenters. The number of phosphoric ester groups is 1. The average molecular weight is 338 g/mol. The van der Waals surface area contributed by atoms with Crippen LogP contribution in [0.5, 0.6) is 0 Å². The Bertz CT molecular complexity index is 707. The number of H-pyrrole nitrogens is 1. The van der Waals surface area contributed by atoms with Crippen molar-refractivity contribution < 1.29 is 33.8 Å². The molecule has 1 fully saturated rings. The van der Waals surface area contributed by atoms with Crippen molar-refractivity contribution in [3.8, 4) is 0 Å². The van der Waals surface area contributed by atoms with E-state index >= 15 is 0 Å². The van der Waals surface area contributed by atoms with Gasteiger partial charge in [0, 0.05) is 11.8 Å². The lowest BCUT2D eigenvalue weighted by atomic mass is 10.1. The molecule has 22 heavy (non-hydrogen) atoms.